The summed E-state index contributed by atoms with van der Waals surface area (Å²) < 4.78 is 0. The molecule has 7 nitrogen and oxygen atoms in total. The molecule has 0 aliphatic carbocycles. The molecule has 3 amide bonds. The van der Waals surface area contributed by atoms with Crippen LogP contribution in [0.25, 0.3) is 0 Å². The lowest BCUT2D eigenvalue weighted by Gasteiger charge is -2.39. The van der Waals surface area contributed by atoms with Crippen LogP contribution in [0.15, 0.2) is 42.5 Å². The number of fused-ring (bicyclic) bond motifs is 1. The summed E-state index contributed by atoms with van der Waals surface area (Å²) in [5, 5.41) is 9.15. The highest BCUT2D eigenvalue weighted by Crippen LogP contribution is 2.35. The molecule has 2 aromatic rings. The third-order valence-corrected chi connectivity index (χ3v) is 6.71. The van der Waals surface area contributed by atoms with Crippen molar-refractivity contribution in [1.29, 1.82) is 0 Å². The molecule has 3 atom stereocenters. The molecule has 0 bridgehead atoms. The van der Waals surface area contributed by atoms with Crippen LogP contribution in [0.1, 0.15) is 37.9 Å². The van der Waals surface area contributed by atoms with Gasteiger partial charge in [0.15, 0.2) is 0 Å². The molecule has 0 spiro atoms. The maximum atomic E-state index is 13.8. The maximum absolute atomic E-state index is 13.8. The number of halogens is 2. The summed E-state index contributed by atoms with van der Waals surface area (Å²) in [5.41, 5.74) is 2.02. The van der Waals surface area contributed by atoms with E-state index in [4.69, 9.17) is 23.2 Å². The molecule has 2 aromatic carbocycles. The van der Waals surface area contributed by atoms with Gasteiger partial charge in [-0.2, -0.15) is 0 Å². The second-order valence-corrected chi connectivity index (χ2v) is 9.52. The summed E-state index contributed by atoms with van der Waals surface area (Å²) in [5.74, 6) is -1.20. The molecular weight excluding hydrogens is 475 g/mol. The molecule has 3 N–H and O–H groups in total. The molecule has 0 saturated heterocycles. The van der Waals surface area contributed by atoms with Crippen LogP contribution < -0.4 is 16.0 Å². The molecule has 1 aliphatic heterocycles. The molecule has 1 aliphatic rings. The number of likely N-dealkylation sites (N-methyl/N-ethyl adjacent to an activating group) is 1. The smallest absolute Gasteiger partial charge is 0.251 e. The van der Waals surface area contributed by atoms with E-state index in [9.17, 15) is 14.4 Å². The summed E-state index contributed by atoms with van der Waals surface area (Å²) in [7, 11) is 1.68. The average Bonchev–Trinajstić information content (AvgIpc) is 2.82. The molecule has 0 fully saturated rings. The lowest BCUT2D eigenvalue weighted by Crippen LogP contribution is -2.57. The number of nitrogens with one attached hydrogen (secondary N) is 3. The number of rotatable bonds is 7. The molecule has 0 saturated carbocycles. The van der Waals surface area contributed by atoms with Crippen molar-refractivity contribution >= 4 is 46.6 Å². The predicted molar refractivity (Wildman–Crippen MR) is 135 cm³/mol. The Morgan fingerprint density at radius 2 is 1.65 bits per heavy atom. The first kappa shape index (κ1) is 26.0. The quantitative estimate of drug-likeness (QED) is 0.534. The largest absolute Gasteiger partial charge is 0.343 e. The van der Waals surface area contributed by atoms with Gasteiger partial charge >= 0.3 is 0 Å². The summed E-state index contributed by atoms with van der Waals surface area (Å²) in [6.07, 6.45) is 0.601. The van der Waals surface area contributed by atoms with Crippen LogP contribution in [0.3, 0.4) is 0 Å². The zero-order valence-electron chi connectivity index (χ0n) is 19.7. The van der Waals surface area contributed by atoms with E-state index in [1.54, 1.807) is 32.2 Å². The third kappa shape index (κ3) is 5.54. The fourth-order valence-corrected chi connectivity index (χ4v) is 4.49. The number of amides is 3. The zero-order chi connectivity index (χ0) is 25.0. The van der Waals surface area contributed by atoms with Gasteiger partial charge in [-0.05, 0) is 49.6 Å². The highest BCUT2D eigenvalue weighted by atomic mass is 35.5. The van der Waals surface area contributed by atoms with Crippen molar-refractivity contribution in [2.45, 2.75) is 45.3 Å². The number of nitrogens with zero attached hydrogens (tertiary/aromatic N) is 1. The van der Waals surface area contributed by atoms with Gasteiger partial charge in [-0.3, -0.25) is 14.4 Å². The maximum Gasteiger partial charge on any atom is 0.251 e. The van der Waals surface area contributed by atoms with Gasteiger partial charge < -0.3 is 20.9 Å². The van der Waals surface area contributed by atoms with Crippen LogP contribution in [-0.4, -0.2) is 48.3 Å². The minimum atomic E-state index is -0.898. The van der Waals surface area contributed by atoms with E-state index in [2.05, 4.69) is 16.0 Å². The average molecular weight is 505 g/mol. The van der Waals surface area contributed by atoms with Crippen LogP contribution in [0.4, 0.5) is 5.69 Å². The second kappa shape index (κ2) is 11.2. The lowest BCUT2D eigenvalue weighted by atomic mass is 9.90. The van der Waals surface area contributed by atoms with E-state index in [0.717, 1.165) is 11.1 Å². The van der Waals surface area contributed by atoms with Gasteiger partial charge in [0.2, 0.25) is 11.8 Å². The van der Waals surface area contributed by atoms with E-state index in [1.165, 1.54) is 4.90 Å². The Kier molecular flexibility index (Phi) is 8.57. The monoisotopic (exact) mass is 504 g/mol. The predicted octanol–water partition coefficient (Wildman–Crippen LogP) is 3.81. The van der Waals surface area contributed by atoms with E-state index in [-0.39, 0.29) is 17.7 Å². The first-order valence-corrected chi connectivity index (χ1v) is 12.0. The molecule has 2 unspecified atom stereocenters. The molecule has 34 heavy (non-hydrogen) atoms. The van der Waals surface area contributed by atoms with Gasteiger partial charge in [0.1, 0.15) is 12.1 Å². The van der Waals surface area contributed by atoms with Crippen molar-refractivity contribution in [2.24, 2.45) is 5.92 Å². The van der Waals surface area contributed by atoms with E-state index < -0.39 is 24.0 Å². The fraction of sp³-hybridized carbons (Fsp3) is 0.400. The van der Waals surface area contributed by atoms with E-state index >= 15 is 0 Å². The van der Waals surface area contributed by atoms with Crippen LogP contribution in [-0.2, 0) is 20.8 Å². The number of anilines is 1. The Morgan fingerprint density at radius 3 is 2.26 bits per heavy atom. The van der Waals surface area contributed by atoms with E-state index in [1.807, 2.05) is 38.1 Å². The van der Waals surface area contributed by atoms with Gasteiger partial charge in [0.25, 0.3) is 5.91 Å². The first-order valence-electron chi connectivity index (χ1n) is 11.3. The molecule has 3 rings (SSSR count). The van der Waals surface area contributed by atoms with Crippen molar-refractivity contribution in [1.82, 2.24) is 15.5 Å². The fourth-order valence-electron chi connectivity index (χ4n) is 4.00. The topological polar surface area (TPSA) is 90.5 Å². The van der Waals surface area contributed by atoms with E-state index in [0.29, 0.717) is 28.7 Å². The van der Waals surface area contributed by atoms with Crippen LogP contribution in [0.5, 0.6) is 0 Å². The van der Waals surface area contributed by atoms with Crippen molar-refractivity contribution in [3.8, 4) is 0 Å². The normalized spacial score (nSPS) is 17.0. The summed E-state index contributed by atoms with van der Waals surface area (Å²) in [4.78, 5) is 41.4. The van der Waals surface area contributed by atoms with Crippen LogP contribution >= 0.6 is 23.2 Å². The van der Waals surface area contributed by atoms with Crippen molar-refractivity contribution in [3.63, 3.8) is 0 Å². The second-order valence-electron chi connectivity index (χ2n) is 8.71. The van der Waals surface area contributed by atoms with Gasteiger partial charge in [0, 0.05) is 6.54 Å². The molecular formula is C25H30Cl2N4O3. The number of carbonyl (C=O) groups excluding carboxylic acids is 3. The molecule has 182 valence electrons. The van der Waals surface area contributed by atoms with Crippen LogP contribution in [0, 0.1) is 5.92 Å². The third-order valence-electron chi connectivity index (χ3n) is 6.08. The summed E-state index contributed by atoms with van der Waals surface area (Å²) in [6.45, 7) is 5.79. The highest BCUT2D eigenvalue weighted by Gasteiger charge is 2.40. The highest BCUT2D eigenvalue weighted by molar-refractivity contribution is 6.39. The number of benzene rings is 2. The minimum Gasteiger partial charge on any atom is -0.343 e. The van der Waals surface area contributed by atoms with Gasteiger partial charge in [-0.1, -0.05) is 67.4 Å². The first-order chi connectivity index (χ1) is 16.1. The van der Waals surface area contributed by atoms with Crippen molar-refractivity contribution in [3.05, 3.63) is 63.6 Å². The Labute approximate surface area is 210 Å². The molecule has 9 heteroatoms. The Hall–Kier alpha value is -2.61. The Bertz CT molecular complexity index is 1060. The minimum absolute atomic E-state index is 0.181. The Balaban J connectivity index is 1.97. The SMILES string of the molecule is CNC(C)C(=O)NC(C(=O)N1CCc2ccccc2[C@H]1C(=O)Nc1c(Cl)cccc1Cl)C(C)C. The Morgan fingerprint density at radius 1 is 1.00 bits per heavy atom. The standard InChI is InChI=1S/C25H30Cl2N4O3/c1-14(2)20(29-23(32)15(3)28-4)25(34)31-13-12-16-8-5-6-9-17(16)22(31)24(33)30-21-18(26)10-7-11-19(21)27/h5-11,14-15,20,22,28H,12-13H2,1-4H3,(H,29,32)(H,30,33)/t15?,20?,22-/m0/s1. The van der Waals surface area contributed by atoms with Crippen molar-refractivity contribution < 1.29 is 14.4 Å². The van der Waals surface area contributed by atoms with Gasteiger partial charge in [-0.25, -0.2) is 0 Å². The zero-order valence-corrected chi connectivity index (χ0v) is 21.2. The molecule has 1 heterocycles. The lowest BCUT2D eigenvalue weighted by molar-refractivity contribution is -0.144. The number of hydrogen-bond donors (Lipinski definition) is 3. The number of para-hydroxylation sites is 1. The summed E-state index contributed by atoms with van der Waals surface area (Å²) in [6, 6.07) is 10.4. The van der Waals surface area contributed by atoms with Crippen molar-refractivity contribution in [2.75, 3.05) is 18.9 Å². The number of carbonyl (C=O) groups is 3. The van der Waals surface area contributed by atoms with Crippen LogP contribution in [0.2, 0.25) is 10.0 Å². The molecule has 0 radical (unpaired) electrons. The number of hydrogen-bond acceptors (Lipinski definition) is 4. The van der Waals surface area contributed by atoms with Gasteiger partial charge in [0.05, 0.1) is 21.8 Å². The van der Waals surface area contributed by atoms with Gasteiger partial charge in [-0.15, -0.1) is 0 Å². The summed E-state index contributed by atoms with van der Waals surface area (Å²) >= 11 is 12.5. The molecule has 0 aromatic heterocycles.